The average molecular weight is 374 g/mol. The molecule has 2 rings (SSSR count). The van der Waals surface area contributed by atoms with Gasteiger partial charge in [0, 0.05) is 6.26 Å². The molecule has 25 heavy (non-hydrogen) atoms. The zero-order valence-corrected chi connectivity index (χ0v) is 14.0. The first-order valence-corrected chi connectivity index (χ1v) is 8.73. The number of hydrazone groups is 1. The van der Waals surface area contributed by atoms with E-state index in [1.165, 1.54) is 6.92 Å². The van der Waals surface area contributed by atoms with E-state index >= 15 is 0 Å². The number of allylic oxidation sites excluding steroid dienone is 1. The molecule has 0 atom stereocenters. The van der Waals surface area contributed by atoms with Crippen LogP contribution in [0.4, 0.5) is 18.9 Å². The molecule has 0 spiro atoms. The number of carbonyl (C=O) groups excluding carboxylic acids is 2. The standard InChI is InChI=1S/C15H13F3N2O4S/c1-8(2)10-7-12(21)14(22)20(19-10)11-5-4-9(15(16,17)18)6-13(11)25(3,23)24/h4-6H,1,7H2,2-3H3. The van der Waals surface area contributed by atoms with E-state index < -0.39 is 43.9 Å². The molecule has 1 aromatic rings. The smallest absolute Gasteiger partial charge is 0.288 e. The maximum Gasteiger partial charge on any atom is 0.416 e. The van der Waals surface area contributed by atoms with Crippen molar-refractivity contribution < 1.29 is 31.2 Å². The Balaban J connectivity index is 2.73. The summed E-state index contributed by atoms with van der Waals surface area (Å²) in [5, 5.41) is 4.39. The number of hydrogen-bond acceptors (Lipinski definition) is 5. The molecule has 0 saturated heterocycles. The molecule has 1 heterocycles. The highest BCUT2D eigenvalue weighted by atomic mass is 32.2. The minimum absolute atomic E-state index is 0.143. The number of sulfone groups is 1. The highest BCUT2D eigenvalue weighted by Gasteiger charge is 2.36. The average Bonchev–Trinajstić information content (AvgIpc) is 2.47. The van der Waals surface area contributed by atoms with E-state index in [4.69, 9.17) is 0 Å². The van der Waals surface area contributed by atoms with Crippen molar-refractivity contribution in [3.8, 4) is 0 Å². The number of Topliss-reactive ketones (excluding diaryl/α,β-unsaturated/α-hetero) is 1. The van der Waals surface area contributed by atoms with Crippen LogP contribution < -0.4 is 5.01 Å². The Morgan fingerprint density at radius 2 is 1.88 bits per heavy atom. The highest BCUT2D eigenvalue weighted by molar-refractivity contribution is 7.90. The van der Waals surface area contributed by atoms with Crippen molar-refractivity contribution in [3.05, 3.63) is 35.9 Å². The normalized spacial score (nSPS) is 16.0. The molecule has 1 aromatic carbocycles. The van der Waals surface area contributed by atoms with E-state index in [1.54, 1.807) is 0 Å². The number of halogens is 3. The molecule has 0 aliphatic carbocycles. The van der Waals surface area contributed by atoms with Gasteiger partial charge in [0.25, 0.3) is 0 Å². The highest BCUT2D eigenvalue weighted by Crippen LogP contribution is 2.35. The Bertz CT molecular complexity index is 917. The largest absolute Gasteiger partial charge is 0.416 e. The molecule has 134 valence electrons. The van der Waals surface area contributed by atoms with Crippen molar-refractivity contribution in [3.63, 3.8) is 0 Å². The fourth-order valence-electron chi connectivity index (χ4n) is 2.11. The van der Waals surface area contributed by atoms with Crippen LogP contribution in [-0.2, 0) is 25.6 Å². The topological polar surface area (TPSA) is 83.9 Å². The summed E-state index contributed by atoms with van der Waals surface area (Å²) >= 11 is 0. The van der Waals surface area contributed by atoms with E-state index in [2.05, 4.69) is 11.7 Å². The molecule has 1 amide bonds. The molecule has 0 fully saturated rings. The van der Waals surface area contributed by atoms with Crippen LogP contribution in [0.15, 0.2) is 40.3 Å². The molecule has 1 aliphatic rings. The number of amides is 1. The van der Waals surface area contributed by atoms with E-state index in [1.807, 2.05) is 0 Å². The van der Waals surface area contributed by atoms with Gasteiger partial charge in [-0.1, -0.05) is 6.58 Å². The molecule has 10 heteroatoms. The first-order chi connectivity index (χ1) is 11.3. The zero-order chi connectivity index (χ0) is 19.2. The Labute approximate surface area is 141 Å². The monoisotopic (exact) mass is 374 g/mol. The summed E-state index contributed by atoms with van der Waals surface area (Å²) in [6.07, 6.45) is -4.38. The van der Waals surface area contributed by atoms with Crippen LogP contribution in [0.1, 0.15) is 18.9 Å². The Hall–Kier alpha value is -2.49. The van der Waals surface area contributed by atoms with Crippen LogP contribution in [0.2, 0.25) is 0 Å². The van der Waals surface area contributed by atoms with Gasteiger partial charge >= 0.3 is 12.1 Å². The van der Waals surface area contributed by atoms with Crippen LogP contribution in [0.25, 0.3) is 0 Å². The molecular weight excluding hydrogens is 361 g/mol. The maximum absolute atomic E-state index is 12.9. The van der Waals surface area contributed by atoms with Gasteiger partial charge in [-0.3, -0.25) is 9.59 Å². The fraction of sp³-hybridized carbons (Fsp3) is 0.267. The lowest BCUT2D eigenvalue weighted by molar-refractivity contribution is -0.137. The summed E-state index contributed by atoms with van der Waals surface area (Å²) in [4.78, 5) is 23.2. The van der Waals surface area contributed by atoms with Crippen molar-refractivity contribution in [2.24, 2.45) is 5.10 Å². The van der Waals surface area contributed by atoms with Gasteiger partial charge in [0.15, 0.2) is 9.84 Å². The lowest BCUT2D eigenvalue weighted by Crippen LogP contribution is -2.39. The third-order valence-electron chi connectivity index (χ3n) is 3.39. The van der Waals surface area contributed by atoms with Crippen LogP contribution in [0.5, 0.6) is 0 Å². The predicted molar refractivity (Wildman–Crippen MR) is 83.9 cm³/mol. The number of anilines is 1. The number of nitrogens with zero attached hydrogens (tertiary/aromatic N) is 2. The lowest BCUT2D eigenvalue weighted by atomic mass is 10.1. The zero-order valence-electron chi connectivity index (χ0n) is 13.2. The predicted octanol–water partition coefficient (Wildman–Crippen LogP) is 2.35. The van der Waals surface area contributed by atoms with Gasteiger partial charge in [0.1, 0.15) is 0 Å². The SMILES string of the molecule is C=C(C)C1=NN(c2ccc(C(F)(F)F)cc2S(C)(=O)=O)C(=O)C(=O)C1. The third-order valence-corrected chi connectivity index (χ3v) is 4.51. The summed E-state index contributed by atoms with van der Waals surface area (Å²) in [7, 11) is -4.14. The summed E-state index contributed by atoms with van der Waals surface area (Å²) < 4.78 is 62.4. The first-order valence-electron chi connectivity index (χ1n) is 6.84. The molecule has 0 aromatic heterocycles. The summed E-state index contributed by atoms with van der Waals surface area (Å²) in [6.45, 7) is 5.13. The minimum Gasteiger partial charge on any atom is -0.288 e. The number of alkyl halides is 3. The van der Waals surface area contributed by atoms with Crippen LogP contribution in [0, 0.1) is 0 Å². The molecule has 0 radical (unpaired) electrons. The van der Waals surface area contributed by atoms with Gasteiger partial charge in [-0.25, -0.2) is 8.42 Å². The quantitative estimate of drug-likeness (QED) is 0.761. The molecule has 0 N–H and O–H groups in total. The lowest BCUT2D eigenvalue weighted by Gasteiger charge is -2.24. The first kappa shape index (κ1) is 18.8. The van der Waals surface area contributed by atoms with Gasteiger partial charge in [-0.15, -0.1) is 0 Å². The summed E-state index contributed by atoms with van der Waals surface area (Å²) in [5.41, 5.74) is -1.11. The van der Waals surface area contributed by atoms with Gasteiger partial charge < -0.3 is 0 Å². The molecule has 0 unspecified atom stereocenters. The molecule has 6 nitrogen and oxygen atoms in total. The van der Waals surface area contributed by atoms with Gasteiger partial charge in [-0.05, 0) is 30.7 Å². The van der Waals surface area contributed by atoms with E-state index in [0.717, 1.165) is 6.07 Å². The number of carbonyl (C=O) groups is 2. The van der Waals surface area contributed by atoms with Crippen molar-refractivity contribution >= 4 is 32.9 Å². The number of hydrogen-bond donors (Lipinski definition) is 0. The summed E-state index contributed by atoms with van der Waals surface area (Å²) in [6, 6.07) is 1.83. The fourth-order valence-corrected chi connectivity index (χ4v) is 2.98. The van der Waals surface area contributed by atoms with Crippen LogP contribution in [0.3, 0.4) is 0 Å². The van der Waals surface area contributed by atoms with E-state index in [0.29, 0.717) is 29.0 Å². The molecular formula is C15H13F3N2O4S. The van der Waals surface area contributed by atoms with E-state index in [9.17, 15) is 31.2 Å². The van der Waals surface area contributed by atoms with Crippen LogP contribution >= 0.6 is 0 Å². The third kappa shape index (κ3) is 3.78. The molecule has 0 saturated carbocycles. The number of ketones is 1. The van der Waals surface area contributed by atoms with Crippen molar-refractivity contribution in [2.45, 2.75) is 24.4 Å². The minimum atomic E-state index is -4.77. The van der Waals surface area contributed by atoms with Gasteiger partial charge in [-0.2, -0.15) is 23.3 Å². The molecule has 1 aliphatic heterocycles. The van der Waals surface area contributed by atoms with Gasteiger partial charge in [0.2, 0.25) is 5.78 Å². The Morgan fingerprint density at radius 3 is 2.36 bits per heavy atom. The Morgan fingerprint density at radius 1 is 1.28 bits per heavy atom. The summed E-state index contributed by atoms with van der Waals surface area (Å²) in [5.74, 6) is -2.00. The van der Waals surface area contributed by atoms with E-state index in [-0.39, 0.29) is 12.1 Å². The van der Waals surface area contributed by atoms with Gasteiger partial charge in [0.05, 0.1) is 28.3 Å². The Kier molecular flexibility index (Phi) is 4.60. The second-order valence-electron chi connectivity index (χ2n) is 5.50. The number of rotatable bonds is 3. The van der Waals surface area contributed by atoms with Crippen molar-refractivity contribution in [2.75, 3.05) is 11.3 Å². The second kappa shape index (κ2) is 6.10. The van der Waals surface area contributed by atoms with Crippen molar-refractivity contribution in [1.82, 2.24) is 0 Å². The second-order valence-corrected chi connectivity index (χ2v) is 7.48. The number of benzene rings is 1. The maximum atomic E-state index is 12.9. The van der Waals surface area contributed by atoms with Crippen LogP contribution in [-0.4, -0.2) is 32.1 Å². The molecule has 0 bridgehead atoms. The van der Waals surface area contributed by atoms with Crippen molar-refractivity contribution in [1.29, 1.82) is 0 Å².